The lowest BCUT2D eigenvalue weighted by Crippen LogP contribution is -2.11. The molecule has 2 aliphatic carbocycles. The topological polar surface area (TPSA) is 67.8 Å². The molecule has 140 valence electrons. The third-order valence-electron chi connectivity index (χ3n) is 5.54. The Balaban J connectivity index is 1.45. The highest BCUT2D eigenvalue weighted by molar-refractivity contribution is 7.21. The molecule has 5 rings (SSSR count). The largest absolute Gasteiger partial charge is 0.297 e. The van der Waals surface area contributed by atoms with E-state index in [2.05, 4.69) is 22.2 Å². The fourth-order valence-electron chi connectivity index (χ4n) is 3.85. The minimum atomic E-state index is -0.0815. The molecule has 1 atom stereocenters. The van der Waals surface area contributed by atoms with Gasteiger partial charge in [-0.25, -0.2) is 15.0 Å². The molecule has 1 fully saturated rings. The summed E-state index contributed by atoms with van der Waals surface area (Å²) in [7, 11) is 0. The van der Waals surface area contributed by atoms with Crippen molar-refractivity contribution in [1.29, 1.82) is 0 Å². The summed E-state index contributed by atoms with van der Waals surface area (Å²) in [6.45, 7) is 6.30. The second-order valence-electron chi connectivity index (χ2n) is 7.87. The maximum Gasteiger partial charge on any atom is 0.267 e. The van der Waals surface area contributed by atoms with E-state index in [1.807, 2.05) is 13.8 Å². The van der Waals surface area contributed by atoms with Crippen LogP contribution >= 0.6 is 22.7 Å². The molecule has 1 saturated carbocycles. The molecule has 27 heavy (non-hydrogen) atoms. The van der Waals surface area contributed by atoms with Crippen LogP contribution in [0.2, 0.25) is 0 Å². The summed E-state index contributed by atoms with van der Waals surface area (Å²) in [6.07, 6.45) is 5.62. The lowest BCUT2D eigenvalue weighted by molar-refractivity contribution is 0.103. The second kappa shape index (κ2) is 6.34. The number of nitrogens with one attached hydrogen (secondary N) is 1. The number of hydrogen-bond donors (Lipinski definition) is 1. The molecule has 0 aromatic carbocycles. The van der Waals surface area contributed by atoms with Gasteiger partial charge in [0, 0.05) is 16.2 Å². The van der Waals surface area contributed by atoms with Crippen LogP contribution in [0.5, 0.6) is 0 Å². The third kappa shape index (κ3) is 3.06. The number of aromatic nitrogens is 3. The van der Waals surface area contributed by atoms with E-state index < -0.39 is 0 Å². The predicted octanol–water partition coefficient (Wildman–Crippen LogP) is 5.02. The van der Waals surface area contributed by atoms with Crippen molar-refractivity contribution < 1.29 is 4.79 Å². The van der Waals surface area contributed by atoms with E-state index in [0.717, 1.165) is 55.8 Å². The average molecular weight is 399 g/mol. The number of thiophene rings is 1. The molecule has 0 saturated heterocycles. The Bertz CT molecular complexity index is 1060. The lowest BCUT2D eigenvalue weighted by Gasteiger charge is -2.15. The SMILES string of the molecule is Cc1nc(C2CC2)nc2sc(C(=O)Nc3nc4c(s3)CC(C)CC4)c(C)c12. The fraction of sp³-hybridized carbons (Fsp3) is 0.500. The molecule has 2 aliphatic rings. The van der Waals surface area contributed by atoms with Crippen LogP contribution in [-0.2, 0) is 12.8 Å². The highest BCUT2D eigenvalue weighted by Crippen LogP contribution is 2.40. The molecule has 1 unspecified atom stereocenters. The molecule has 5 nitrogen and oxygen atoms in total. The first-order chi connectivity index (χ1) is 13.0. The van der Waals surface area contributed by atoms with Crippen LogP contribution in [-0.4, -0.2) is 20.9 Å². The molecule has 0 radical (unpaired) electrons. The van der Waals surface area contributed by atoms with Gasteiger partial charge in [-0.15, -0.1) is 22.7 Å². The van der Waals surface area contributed by atoms with Crippen LogP contribution in [0.4, 0.5) is 5.13 Å². The summed E-state index contributed by atoms with van der Waals surface area (Å²) in [6, 6.07) is 0. The van der Waals surface area contributed by atoms with Crippen molar-refractivity contribution in [3.63, 3.8) is 0 Å². The van der Waals surface area contributed by atoms with Gasteiger partial charge in [0.2, 0.25) is 0 Å². The summed E-state index contributed by atoms with van der Waals surface area (Å²) >= 11 is 3.10. The van der Waals surface area contributed by atoms with Gasteiger partial charge < -0.3 is 0 Å². The smallest absolute Gasteiger partial charge is 0.267 e. The van der Waals surface area contributed by atoms with Crippen LogP contribution in [0.1, 0.15) is 69.4 Å². The van der Waals surface area contributed by atoms with Crippen LogP contribution in [0.15, 0.2) is 0 Å². The normalized spacial score (nSPS) is 19.3. The van der Waals surface area contributed by atoms with E-state index >= 15 is 0 Å². The fourth-order valence-corrected chi connectivity index (χ4v) is 6.15. The Hall–Kier alpha value is -1.86. The third-order valence-corrected chi connectivity index (χ3v) is 7.76. The zero-order valence-electron chi connectivity index (χ0n) is 15.8. The van der Waals surface area contributed by atoms with E-state index in [9.17, 15) is 4.79 Å². The molecule has 3 aromatic rings. The first kappa shape index (κ1) is 17.3. The van der Waals surface area contributed by atoms with E-state index in [4.69, 9.17) is 4.98 Å². The van der Waals surface area contributed by atoms with Crippen molar-refractivity contribution in [2.24, 2.45) is 5.92 Å². The summed E-state index contributed by atoms with van der Waals surface area (Å²) in [5.74, 6) is 2.07. The van der Waals surface area contributed by atoms with Gasteiger partial charge in [-0.05, 0) is 57.4 Å². The molecule has 0 aliphatic heterocycles. The Morgan fingerprint density at radius 2 is 1.93 bits per heavy atom. The summed E-state index contributed by atoms with van der Waals surface area (Å²) < 4.78 is 0. The second-order valence-corrected chi connectivity index (χ2v) is 9.95. The van der Waals surface area contributed by atoms with Crippen molar-refractivity contribution in [3.8, 4) is 0 Å². The molecule has 1 amide bonds. The van der Waals surface area contributed by atoms with E-state index in [1.165, 1.54) is 35.5 Å². The summed E-state index contributed by atoms with van der Waals surface area (Å²) in [4.78, 5) is 30.0. The maximum absolute atomic E-state index is 12.9. The Morgan fingerprint density at radius 3 is 2.70 bits per heavy atom. The highest BCUT2D eigenvalue weighted by atomic mass is 32.1. The van der Waals surface area contributed by atoms with Gasteiger partial charge in [-0.1, -0.05) is 6.92 Å². The quantitative estimate of drug-likeness (QED) is 0.673. The van der Waals surface area contributed by atoms with Gasteiger partial charge >= 0.3 is 0 Å². The number of hydrogen-bond acceptors (Lipinski definition) is 6. The van der Waals surface area contributed by atoms with Crippen LogP contribution in [0.25, 0.3) is 10.2 Å². The molecule has 1 N–H and O–H groups in total. The monoisotopic (exact) mass is 398 g/mol. The van der Waals surface area contributed by atoms with Gasteiger partial charge in [0.25, 0.3) is 5.91 Å². The predicted molar refractivity (Wildman–Crippen MR) is 110 cm³/mol. The van der Waals surface area contributed by atoms with Crippen molar-refractivity contribution >= 4 is 43.9 Å². The van der Waals surface area contributed by atoms with Crippen molar-refractivity contribution in [2.75, 3.05) is 5.32 Å². The minimum absolute atomic E-state index is 0.0815. The highest BCUT2D eigenvalue weighted by Gasteiger charge is 2.29. The number of amides is 1. The van der Waals surface area contributed by atoms with E-state index in [0.29, 0.717) is 11.8 Å². The van der Waals surface area contributed by atoms with Crippen LogP contribution in [0, 0.1) is 19.8 Å². The van der Waals surface area contributed by atoms with Crippen LogP contribution in [0.3, 0.4) is 0 Å². The van der Waals surface area contributed by atoms with Crippen LogP contribution < -0.4 is 5.32 Å². The number of nitrogens with zero attached hydrogens (tertiary/aromatic N) is 3. The Labute approximate surface area is 166 Å². The number of fused-ring (bicyclic) bond motifs is 2. The number of rotatable bonds is 3. The van der Waals surface area contributed by atoms with Crippen molar-refractivity contribution in [1.82, 2.24) is 15.0 Å². The van der Waals surface area contributed by atoms with Gasteiger partial charge in [0.15, 0.2) is 5.13 Å². The van der Waals surface area contributed by atoms with E-state index in [1.54, 1.807) is 11.3 Å². The molecular formula is C20H22N4OS2. The standard InChI is InChI=1S/C20H22N4OS2/c1-9-4-7-13-14(8-9)26-20(22-13)24-18(25)16-10(2)15-11(3)21-17(12-5-6-12)23-19(15)27-16/h9,12H,4-8H2,1-3H3,(H,22,24,25). The number of thiazole rings is 1. The zero-order valence-corrected chi connectivity index (χ0v) is 17.4. The average Bonchev–Trinajstić information content (AvgIpc) is 3.31. The maximum atomic E-state index is 12.9. The first-order valence-electron chi connectivity index (χ1n) is 9.57. The number of aryl methyl sites for hydroxylation is 3. The molecule has 7 heteroatoms. The first-order valence-corrected chi connectivity index (χ1v) is 11.2. The zero-order chi connectivity index (χ0) is 18.7. The van der Waals surface area contributed by atoms with Gasteiger partial charge in [0.1, 0.15) is 10.7 Å². The minimum Gasteiger partial charge on any atom is -0.297 e. The van der Waals surface area contributed by atoms with E-state index in [-0.39, 0.29) is 5.91 Å². The summed E-state index contributed by atoms with van der Waals surface area (Å²) in [5.41, 5.74) is 3.12. The van der Waals surface area contributed by atoms with Gasteiger partial charge in [-0.2, -0.15) is 0 Å². The van der Waals surface area contributed by atoms with Gasteiger partial charge in [-0.3, -0.25) is 10.1 Å². The number of carbonyl (C=O) groups is 1. The molecular weight excluding hydrogens is 376 g/mol. The van der Waals surface area contributed by atoms with Gasteiger partial charge in [0.05, 0.1) is 16.3 Å². The number of carbonyl (C=O) groups excluding carboxylic acids is 1. The van der Waals surface area contributed by atoms with Crippen molar-refractivity contribution in [2.45, 2.75) is 58.8 Å². The lowest BCUT2D eigenvalue weighted by atomic mass is 9.93. The Kier molecular flexibility index (Phi) is 4.05. The Morgan fingerprint density at radius 1 is 1.11 bits per heavy atom. The molecule has 0 spiro atoms. The summed E-state index contributed by atoms with van der Waals surface area (Å²) in [5, 5.41) is 4.78. The number of anilines is 1. The molecule has 3 aromatic heterocycles. The molecule has 0 bridgehead atoms. The van der Waals surface area contributed by atoms with Crippen molar-refractivity contribution in [3.05, 3.63) is 32.5 Å². The molecule has 3 heterocycles.